The molecular formula is C11H14N2O. The lowest BCUT2D eigenvalue weighted by Gasteiger charge is -2.22. The second-order valence-corrected chi connectivity index (χ2v) is 3.96. The van der Waals surface area contributed by atoms with Gasteiger partial charge in [-0.05, 0) is 25.0 Å². The van der Waals surface area contributed by atoms with E-state index in [1.54, 1.807) is 18.3 Å². The molecule has 0 amide bonds. The molecule has 1 aliphatic rings. The fourth-order valence-corrected chi connectivity index (χ4v) is 2.05. The highest BCUT2D eigenvalue weighted by atomic mass is 16.1. The van der Waals surface area contributed by atoms with E-state index in [0.717, 1.165) is 37.7 Å². The van der Waals surface area contributed by atoms with Crippen LogP contribution in [0, 0.1) is 0 Å². The monoisotopic (exact) mass is 190 g/mol. The molecule has 1 saturated carbocycles. The maximum Gasteiger partial charge on any atom is 0.150 e. The van der Waals surface area contributed by atoms with Gasteiger partial charge in [-0.3, -0.25) is 9.78 Å². The molecule has 0 aliphatic heterocycles. The number of rotatable bonds is 2. The number of aromatic nitrogens is 1. The molecule has 0 spiro atoms. The van der Waals surface area contributed by atoms with Gasteiger partial charge in [0.05, 0.1) is 11.2 Å². The van der Waals surface area contributed by atoms with Gasteiger partial charge in [0.2, 0.25) is 0 Å². The molecule has 0 radical (unpaired) electrons. The Morgan fingerprint density at radius 1 is 1.43 bits per heavy atom. The van der Waals surface area contributed by atoms with E-state index in [1.807, 2.05) is 0 Å². The molecular weight excluding hydrogens is 176 g/mol. The molecule has 14 heavy (non-hydrogen) atoms. The molecule has 1 fully saturated rings. The fourth-order valence-electron chi connectivity index (χ4n) is 2.05. The summed E-state index contributed by atoms with van der Waals surface area (Å²) in [6, 6.07) is 3.51. The molecule has 0 saturated heterocycles. The Hall–Kier alpha value is -1.22. The molecule has 0 atom stereocenters. The van der Waals surface area contributed by atoms with Crippen molar-refractivity contribution in [1.29, 1.82) is 0 Å². The third-order valence-electron chi connectivity index (χ3n) is 2.93. The number of carbonyl (C=O) groups excluding carboxylic acids is 1. The first-order chi connectivity index (χ1) is 6.74. The van der Waals surface area contributed by atoms with E-state index >= 15 is 0 Å². The predicted molar refractivity (Wildman–Crippen MR) is 54.0 cm³/mol. The van der Waals surface area contributed by atoms with Gasteiger partial charge in [-0.25, -0.2) is 0 Å². The Labute approximate surface area is 83.3 Å². The average Bonchev–Trinajstić information content (AvgIpc) is 2.67. The van der Waals surface area contributed by atoms with Gasteiger partial charge in [0.25, 0.3) is 0 Å². The van der Waals surface area contributed by atoms with Crippen LogP contribution in [0.1, 0.15) is 41.7 Å². The Bertz CT molecular complexity index is 343. The number of carbonyl (C=O) groups is 1. The van der Waals surface area contributed by atoms with Gasteiger partial charge in [-0.15, -0.1) is 0 Å². The summed E-state index contributed by atoms with van der Waals surface area (Å²) in [5.41, 5.74) is 7.45. The second kappa shape index (κ2) is 3.50. The summed E-state index contributed by atoms with van der Waals surface area (Å²) < 4.78 is 0. The van der Waals surface area contributed by atoms with Crippen molar-refractivity contribution in [2.24, 2.45) is 5.73 Å². The average molecular weight is 190 g/mol. The standard InChI is InChI=1S/C11H14N2O/c12-11(4-1-2-5-11)10-7-9(8-14)3-6-13-10/h3,6-8H,1-2,4-5,12H2. The predicted octanol–water partition coefficient (Wildman–Crippen LogP) is 1.62. The first kappa shape index (κ1) is 9.34. The first-order valence-electron chi connectivity index (χ1n) is 4.95. The van der Waals surface area contributed by atoms with Crippen LogP contribution in [0.2, 0.25) is 0 Å². The molecule has 1 aromatic heterocycles. The number of nitrogens with zero attached hydrogens (tertiary/aromatic N) is 1. The lowest BCUT2D eigenvalue weighted by atomic mass is 9.93. The summed E-state index contributed by atoms with van der Waals surface area (Å²) >= 11 is 0. The molecule has 0 aromatic carbocycles. The topological polar surface area (TPSA) is 56.0 Å². The number of nitrogens with two attached hydrogens (primary N) is 1. The van der Waals surface area contributed by atoms with E-state index in [1.165, 1.54) is 0 Å². The van der Waals surface area contributed by atoms with Gasteiger partial charge in [0.15, 0.2) is 0 Å². The summed E-state index contributed by atoms with van der Waals surface area (Å²) in [5, 5.41) is 0. The molecule has 2 N–H and O–H groups in total. The fraction of sp³-hybridized carbons (Fsp3) is 0.455. The highest BCUT2D eigenvalue weighted by Gasteiger charge is 2.32. The van der Waals surface area contributed by atoms with Gasteiger partial charge in [-0.1, -0.05) is 12.8 Å². The molecule has 1 aliphatic carbocycles. The van der Waals surface area contributed by atoms with Crippen molar-refractivity contribution in [1.82, 2.24) is 4.98 Å². The van der Waals surface area contributed by atoms with Crippen molar-refractivity contribution in [2.75, 3.05) is 0 Å². The minimum Gasteiger partial charge on any atom is -0.320 e. The molecule has 0 bridgehead atoms. The van der Waals surface area contributed by atoms with Crippen molar-refractivity contribution < 1.29 is 4.79 Å². The van der Waals surface area contributed by atoms with Gasteiger partial charge >= 0.3 is 0 Å². The molecule has 0 unspecified atom stereocenters. The zero-order valence-electron chi connectivity index (χ0n) is 8.07. The number of hydrogen-bond acceptors (Lipinski definition) is 3. The quantitative estimate of drug-likeness (QED) is 0.721. The lowest BCUT2D eigenvalue weighted by Crippen LogP contribution is -2.34. The van der Waals surface area contributed by atoms with E-state index in [2.05, 4.69) is 4.98 Å². The Balaban J connectivity index is 2.35. The summed E-state index contributed by atoms with van der Waals surface area (Å²) in [4.78, 5) is 14.9. The van der Waals surface area contributed by atoms with Crippen LogP contribution < -0.4 is 5.73 Å². The largest absolute Gasteiger partial charge is 0.320 e. The van der Waals surface area contributed by atoms with Crippen molar-refractivity contribution in [3.8, 4) is 0 Å². The third kappa shape index (κ3) is 1.55. The van der Waals surface area contributed by atoms with Crippen LogP contribution in [-0.2, 0) is 5.54 Å². The number of aldehydes is 1. The molecule has 3 nitrogen and oxygen atoms in total. The number of pyridine rings is 1. The highest BCUT2D eigenvalue weighted by Crippen LogP contribution is 2.35. The van der Waals surface area contributed by atoms with Crippen LogP contribution in [-0.4, -0.2) is 11.3 Å². The summed E-state index contributed by atoms with van der Waals surface area (Å²) in [6.07, 6.45) is 6.76. The van der Waals surface area contributed by atoms with Gasteiger partial charge in [0.1, 0.15) is 6.29 Å². The van der Waals surface area contributed by atoms with Crippen LogP contribution in [0.15, 0.2) is 18.3 Å². The smallest absolute Gasteiger partial charge is 0.150 e. The molecule has 1 aromatic rings. The SMILES string of the molecule is NC1(c2cc(C=O)ccn2)CCCC1. The van der Waals surface area contributed by atoms with Crippen molar-refractivity contribution in [2.45, 2.75) is 31.2 Å². The first-order valence-corrected chi connectivity index (χ1v) is 4.95. The van der Waals surface area contributed by atoms with E-state index in [-0.39, 0.29) is 5.54 Å². The molecule has 74 valence electrons. The van der Waals surface area contributed by atoms with Crippen molar-refractivity contribution in [3.05, 3.63) is 29.6 Å². The second-order valence-electron chi connectivity index (χ2n) is 3.96. The molecule has 3 heteroatoms. The Kier molecular flexibility index (Phi) is 2.33. The zero-order valence-corrected chi connectivity index (χ0v) is 8.07. The van der Waals surface area contributed by atoms with E-state index in [9.17, 15) is 4.79 Å². The summed E-state index contributed by atoms with van der Waals surface area (Å²) in [6.45, 7) is 0. The summed E-state index contributed by atoms with van der Waals surface area (Å²) in [5.74, 6) is 0. The van der Waals surface area contributed by atoms with Crippen LogP contribution in [0.25, 0.3) is 0 Å². The van der Waals surface area contributed by atoms with E-state index in [4.69, 9.17) is 5.73 Å². The maximum absolute atomic E-state index is 10.6. The zero-order chi connectivity index (χ0) is 10.0. The van der Waals surface area contributed by atoms with Crippen molar-refractivity contribution >= 4 is 6.29 Å². The minimum atomic E-state index is -0.293. The summed E-state index contributed by atoms with van der Waals surface area (Å²) in [7, 11) is 0. The van der Waals surface area contributed by atoms with E-state index in [0.29, 0.717) is 5.56 Å². The van der Waals surface area contributed by atoms with Crippen LogP contribution in [0.3, 0.4) is 0 Å². The van der Waals surface area contributed by atoms with Gasteiger partial charge < -0.3 is 5.73 Å². The highest BCUT2D eigenvalue weighted by molar-refractivity contribution is 5.74. The van der Waals surface area contributed by atoms with E-state index < -0.39 is 0 Å². The van der Waals surface area contributed by atoms with Crippen molar-refractivity contribution in [3.63, 3.8) is 0 Å². The van der Waals surface area contributed by atoms with Crippen LogP contribution >= 0.6 is 0 Å². The third-order valence-corrected chi connectivity index (χ3v) is 2.93. The molecule has 2 rings (SSSR count). The number of hydrogen-bond donors (Lipinski definition) is 1. The Morgan fingerprint density at radius 3 is 2.79 bits per heavy atom. The normalized spacial score (nSPS) is 19.5. The van der Waals surface area contributed by atoms with Crippen LogP contribution in [0.4, 0.5) is 0 Å². The van der Waals surface area contributed by atoms with Gasteiger partial charge in [-0.2, -0.15) is 0 Å². The lowest BCUT2D eigenvalue weighted by molar-refractivity contribution is 0.112. The van der Waals surface area contributed by atoms with Gasteiger partial charge in [0, 0.05) is 11.8 Å². The van der Waals surface area contributed by atoms with Crippen LogP contribution in [0.5, 0.6) is 0 Å². The Morgan fingerprint density at radius 2 is 2.14 bits per heavy atom. The maximum atomic E-state index is 10.6. The molecule has 1 heterocycles. The minimum absolute atomic E-state index is 0.293.